The van der Waals surface area contributed by atoms with Crippen molar-refractivity contribution in [1.29, 1.82) is 0 Å². The Bertz CT molecular complexity index is 1730. The minimum Gasteiger partial charge on any atom is -0.361 e. The van der Waals surface area contributed by atoms with Crippen molar-refractivity contribution in [2.45, 2.75) is 51.9 Å². The van der Waals surface area contributed by atoms with Crippen LogP contribution in [0, 0.1) is 0 Å². The van der Waals surface area contributed by atoms with Gasteiger partial charge in [0.05, 0.1) is 41.5 Å². The van der Waals surface area contributed by atoms with Crippen molar-refractivity contribution in [2.75, 3.05) is 30.9 Å². The number of imidazole rings is 1. The average molecular weight is 582 g/mol. The molecule has 0 bridgehead atoms. The third kappa shape index (κ3) is 6.38. The molecule has 6 rings (SSSR count). The molecule has 1 aliphatic rings. The molecule has 0 atom stereocenters. The molecule has 3 aromatic heterocycles. The molecule has 0 unspecified atom stereocenters. The van der Waals surface area contributed by atoms with Crippen molar-refractivity contribution in [3.63, 3.8) is 0 Å². The number of nitrogens with one attached hydrogen (secondary N) is 1. The van der Waals surface area contributed by atoms with Crippen LogP contribution in [0.5, 0.6) is 0 Å². The molecule has 0 saturated heterocycles. The summed E-state index contributed by atoms with van der Waals surface area (Å²) in [5.74, 6) is 2.38. The Kier molecular flexibility index (Phi) is 7.80. The van der Waals surface area contributed by atoms with Crippen molar-refractivity contribution in [3.05, 3.63) is 72.6 Å². The van der Waals surface area contributed by atoms with Gasteiger partial charge < -0.3 is 24.4 Å². The van der Waals surface area contributed by atoms with Crippen molar-refractivity contribution in [1.82, 2.24) is 34.2 Å². The number of benzene rings is 2. The molecule has 0 fully saturated rings. The lowest BCUT2D eigenvalue weighted by molar-refractivity contribution is 0.0769. The molecular formula is C31H39N9OSi. The normalized spacial score (nSPS) is 13.4. The molecular weight excluding hydrogens is 542 g/mol. The second-order valence-corrected chi connectivity index (χ2v) is 18.0. The second kappa shape index (κ2) is 11.7. The second-order valence-electron chi connectivity index (χ2n) is 12.3. The Balaban J connectivity index is 1.16. The highest BCUT2D eigenvalue weighted by Gasteiger charge is 2.18. The van der Waals surface area contributed by atoms with Gasteiger partial charge in [0, 0.05) is 38.2 Å². The van der Waals surface area contributed by atoms with Crippen LogP contribution < -0.4 is 10.2 Å². The van der Waals surface area contributed by atoms with Gasteiger partial charge in [-0.2, -0.15) is 4.98 Å². The molecule has 4 heterocycles. The third-order valence-corrected chi connectivity index (χ3v) is 9.14. The van der Waals surface area contributed by atoms with E-state index in [0.29, 0.717) is 19.2 Å². The van der Waals surface area contributed by atoms with Gasteiger partial charge in [0.25, 0.3) is 0 Å². The number of fused-ring (bicyclic) bond motifs is 3. The smallest absolute Gasteiger partial charge is 0.247 e. The van der Waals surface area contributed by atoms with E-state index >= 15 is 0 Å². The van der Waals surface area contributed by atoms with Crippen LogP contribution in [0.4, 0.5) is 17.3 Å². The molecule has 10 nitrogen and oxygen atoms in total. The Hall–Kier alpha value is -4.06. The minimum atomic E-state index is -1.05. The first kappa shape index (κ1) is 28.1. The Labute approximate surface area is 247 Å². The van der Waals surface area contributed by atoms with E-state index in [2.05, 4.69) is 87.8 Å². The lowest BCUT2D eigenvalue weighted by atomic mass is 10.2. The van der Waals surface area contributed by atoms with Crippen LogP contribution in [0.15, 0.2) is 60.9 Å². The van der Waals surface area contributed by atoms with E-state index in [1.54, 1.807) is 0 Å². The van der Waals surface area contributed by atoms with Crippen molar-refractivity contribution < 1.29 is 4.74 Å². The van der Waals surface area contributed by atoms with Crippen LogP contribution in [0.25, 0.3) is 28.1 Å². The molecule has 0 amide bonds. The number of pyridine rings is 1. The highest BCUT2D eigenvalue weighted by molar-refractivity contribution is 6.76. The Morgan fingerprint density at radius 2 is 1.86 bits per heavy atom. The van der Waals surface area contributed by atoms with E-state index in [0.717, 1.165) is 64.5 Å². The first-order valence-electron chi connectivity index (χ1n) is 14.5. The Morgan fingerprint density at radius 3 is 2.69 bits per heavy atom. The first-order chi connectivity index (χ1) is 20.2. The largest absolute Gasteiger partial charge is 0.361 e. The highest BCUT2D eigenvalue weighted by atomic mass is 28.3. The van der Waals surface area contributed by atoms with Crippen molar-refractivity contribution in [3.8, 4) is 0 Å². The number of aromatic nitrogens is 6. The van der Waals surface area contributed by atoms with E-state index in [4.69, 9.17) is 14.7 Å². The summed E-state index contributed by atoms with van der Waals surface area (Å²) in [5, 5.41) is 9.15. The van der Waals surface area contributed by atoms with Gasteiger partial charge in [-0.15, -0.1) is 5.10 Å². The fourth-order valence-electron chi connectivity index (χ4n) is 5.17. The predicted molar refractivity (Wildman–Crippen MR) is 172 cm³/mol. The standard InChI is InChI=1S/C31H39N9OSi/c1-37(2)20-29-34-27-18-24(11-12-28(27)39(29)22-41-15-8-16-42(3,4)5)33-31-35-30-21-38(13-14-40(30)36-31)25-17-23-9-6-7-10-26(23)32-19-25/h6-7,9-14,17-19H,8,15-16,20-22H2,1-5H3,(H,33,36). The van der Waals surface area contributed by atoms with Crippen LogP contribution in [0.3, 0.4) is 0 Å². The van der Waals surface area contributed by atoms with Gasteiger partial charge in [0.2, 0.25) is 5.95 Å². The van der Waals surface area contributed by atoms with Crippen LogP contribution in [-0.4, -0.2) is 63.0 Å². The van der Waals surface area contributed by atoms with Crippen molar-refractivity contribution >= 4 is 53.5 Å². The monoisotopic (exact) mass is 581 g/mol. The van der Waals surface area contributed by atoms with Gasteiger partial charge in [-0.3, -0.25) is 4.98 Å². The van der Waals surface area contributed by atoms with Crippen molar-refractivity contribution in [2.24, 2.45) is 0 Å². The molecule has 0 spiro atoms. The number of hydrogen-bond acceptors (Lipinski definition) is 8. The van der Waals surface area contributed by atoms with Crippen LogP contribution in [0.2, 0.25) is 25.7 Å². The maximum atomic E-state index is 6.11. The van der Waals surface area contributed by atoms with Gasteiger partial charge >= 0.3 is 0 Å². The first-order valence-corrected chi connectivity index (χ1v) is 18.2. The van der Waals surface area contributed by atoms with Gasteiger partial charge in [-0.25, -0.2) is 9.67 Å². The third-order valence-electron chi connectivity index (χ3n) is 7.29. The van der Waals surface area contributed by atoms with Crippen LogP contribution in [0.1, 0.15) is 18.1 Å². The molecule has 218 valence electrons. The van der Waals surface area contributed by atoms with Gasteiger partial charge in [0.1, 0.15) is 12.6 Å². The highest BCUT2D eigenvalue weighted by Crippen LogP contribution is 2.26. The zero-order chi connectivity index (χ0) is 29.3. The maximum Gasteiger partial charge on any atom is 0.247 e. The van der Waals surface area contributed by atoms with E-state index in [1.165, 1.54) is 6.04 Å². The van der Waals surface area contributed by atoms with E-state index in [-0.39, 0.29) is 0 Å². The lowest BCUT2D eigenvalue weighted by Crippen LogP contribution is -2.22. The molecule has 5 aromatic rings. The summed E-state index contributed by atoms with van der Waals surface area (Å²) < 4.78 is 10.1. The minimum absolute atomic E-state index is 0.503. The summed E-state index contributed by atoms with van der Waals surface area (Å²) in [7, 11) is 3.06. The van der Waals surface area contributed by atoms with E-state index in [1.807, 2.05) is 47.5 Å². The van der Waals surface area contributed by atoms with Gasteiger partial charge in [-0.1, -0.05) is 43.9 Å². The average Bonchev–Trinajstić information content (AvgIpc) is 3.50. The number of rotatable bonds is 11. The number of hydrogen-bond donors (Lipinski definition) is 1. The zero-order valence-electron chi connectivity index (χ0n) is 25.1. The van der Waals surface area contributed by atoms with Gasteiger partial charge in [0.15, 0.2) is 5.82 Å². The Morgan fingerprint density at radius 1 is 1.00 bits per heavy atom. The summed E-state index contributed by atoms with van der Waals surface area (Å²) in [6.07, 6.45) is 6.94. The molecule has 1 N–H and O–H groups in total. The lowest BCUT2D eigenvalue weighted by Gasteiger charge is -2.22. The summed E-state index contributed by atoms with van der Waals surface area (Å²) in [5.41, 5.74) is 4.87. The number of ether oxygens (including phenoxy) is 1. The SMILES string of the molecule is CN(C)Cc1nc2cc(Nc3nc4n(n3)C=CN(c3cnc5ccccc5c3)C4)ccc2n1COCCC[Si](C)(C)C. The molecule has 0 aliphatic carbocycles. The topological polar surface area (TPSA) is 89.2 Å². The maximum absolute atomic E-state index is 6.11. The molecule has 0 radical (unpaired) electrons. The summed E-state index contributed by atoms with van der Waals surface area (Å²) >= 11 is 0. The molecule has 11 heteroatoms. The van der Waals surface area contributed by atoms with E-state index in [9.17, 15) is 0 Å². The zero-order valence-corrected chi connectivity index (χ0v) is 26.1. The predicted octanol–water partition coefficient (Wildman–Crippen LogP) is 6.13. The molecule has 0 saturated carbocycles. The van der Waals surface area contributed by atoms with Crippen LogP contribution in [-0.2, 0) is 24.6 Å². The molecule has 2 aromatic carbocycles. The number of anilines is 3. The summed E-state index contributed by atoms with van der Waals surface area (Å²) in [6.45, 7) is 9.82. The fourth-order valence-corrected chi connectivity index (χ4v) is 6.38. The van der Waals surface area contributed by atoms with Gasteiger partial charge in [-0.05, 0) is 50.8 Å². The van der Waals surface area contributed by atoms with E-state index < -0.39 is 8.07 Å². The fraction of sp³-hybridized carbons (Fsp3) is 0.355. The number of nitrogens with zero attached hydrogens (tertiary/aromatic N) is 8. The number of para-hydroxylation sites is 1. The molecule has 42 heavy (non-hydrogen) atoms. The summed E-state index contributed by atoms with van der Waals surface area (Å²) in [4.78, 5) is 18.6. The quantitative estimate of drug-likeness (QED) is 0.147. The molecule has 1 aliphatic heterocycles. The van der Waals surface area contributed by atoms with Crippen LogP contribution >= 0.6 is 0 Å². The summed E-state index contributed by atoms with van der Waals surface area (Å²) in [6, 6.07) is 17.8.